The molecule has 0 bridgehead atoms. The second-order valence-corrected chi connectivity index (χ2v) is 3.93. The number of nitrogens with one attached hydrogen (secondary N) is 1. The molecule has 0 aliphatic carbocycles. The van der Waals surface area contributed by atoms with Gasteiger partial charge in [-0.2, -0.15) is 5.10 Å². The molecule has 16 heavy (non-hydrogen) atoms. The van der Waals surface area contributed by atoms with Crippen molar-refractivity contribution in [1.82, 2.24) is 20.0 Å². The molecule has 1 aromatic heterocycles. The van der Waals surface area contributed by atoms with Crippen LogP contribution in [0.4, 0.5) is 0 Å². The Morgan fingerprint density at radius 2 is 2.38 bits per heavy atom. The zero-order chi connectivity index (χ0) is 12.1. The molecular formula is C11H20N4O. The Balaban J connectivity index is 2.78. The first-order chi connectivity index (χ1) is 7.60. The molecule has 0 aliphatic heterocycles. The molecule has 0 spiro atoms. The molecule has 1 aromatic rings. The van der Waals surface area contributed by atoms with Crippen molar-refractivity contribution in [3.8, 4) is 0 Å². The summed E-state index contributed by atoms with van der Waals surface area (Å²) < 4.78 is 1.70. The van der Waals surface area contributed by atoms with E-state index in [1.807, 2.05) is 20.3 Å². The molecule has 1 N–H and O–H groups in total. The smallest absolute Gasteiger partial charge is 0.244 e. The van der Waals surface area contributed by atoms with Gasteiger partial charge >= 0.3 is 0 Å². The zero-order valence-corrected chi connectivity index (χ0v) is 10.4. The lowest BCUT2D eigenvalue weighted by atomic mass is 10.1. The minimum absolute atomic E-state index is 0.0809. The maximum Gasteiger partial charge on any atom is 0.244 e. The number of aryl methyl sites for hydroxylation is 1. The third kappa shape index (κ3) is 2.82. The highest BCUT2D eigenvalue weighted by Gasteiger charge is 2.22. The number of carbonyl (C=O) groups excluding carboxylic acids is 1. The van der Waals surface area contributed by atoms with Gasteiger partial charge in [-0.05, 0) is 13.5 Å². The minimum atomic E-state index is -0.301. The van der Waals surface area contributed by atoms with Crippen molar-refractivity contribution in [2.75, 3.05) is 20.6 Å². The van der Waals surface area contributed by atoms with Crippen molar-refractivity contribution in [1.29, 1.82) is 0 Å². The van der Waals surface area contributed by atoms with Crippen LogP contribution >= 0.6 is 0 Å². The van der Waals surface area contributed by atoms with Crippen LogP contribution in [0, 0.1) is 0 Å². The van der Waals surface area contributed by atoms with Gasteiger partial charge in [-0.3, -0.25) is 9.48 Å². The molecule has 1 rings (SSSR count). The highest BCUT2D eigenvalue weighted by Crippen LogP contribution is 2.13. The predicted octanol–water partition coefficient (Wildman–Crippen LogP) is 0.549. The van der Waals surface area contributed by atoms with Crippen molar-refractivity contribution in [2.24, 2.45) is 7.05 Å². The van der Waals surface area contributed by atoms with Gasteiger partial charge in [0.1, 0.15) is 6.04 Å². The minimum Gasteiger partial charge on any atom is -0.344 e. The average molecular weight is 224 g/mol. The van der Waals surface area contributed by atoms with Crippen molar-refractivity contribution in [3.63, 3.8) is 0 Å². The summed E-state index contributed by atoms with van der Waals surface area (Å²) in [5.74, 6) is 0.0809. The molecule has 5 heteroatoms. The van der Waals surface area contributed by atoms with E-state index in [-0.39, 0.29) is 11.9 Å². The van der Waals surface area contributed by atoms with Gasteiger partial charge in [0.05, 0.1) is 6.20 Å². The average Bonchev–Trinajstić information content (AvgIpc) is 2.66. The van der Waals surface area contributed by atoms with Crippen LogP contribution in [-0.2, 0) is 11.8 Å². The maximum absolute atomic E-state index is 12.1. The van der Waals surface area contributed by atoms with Gasteiger partial charge < -0.3 is 10.2 Å². The normalized spacial score (nSPS) is 12.5. The highest BCUT2D eigenvalue weighted by atomic mass is 16.2. The van der Waals surface area contributed by atoms with E-state index in [9.17, 15) is 4.79 Å². The monoisotopic (exact) mass is 224 g/mol. The number of aromatic nitrogens is 2. The summed E-state index contributed by atoms with van der Waals surface area (Å²) in [6, 6.07) is -0.301. The largest absolute Gasteiger partial charge is 0.344 e. The quantitative estimate of drug-likeness (QED) is 0.794. The van der Waals surface area contributed by atoms with Crippen LogP contribution in [0.1, 0.15) is 24.9 Å². The number of hydrogen-bond donors (Lipinski definition) is 1. The van der Waals surface area contributed by atoms with Crippen LogP contribution < -0.4 is 5.32 Å². The Morgan fingerprint density at radius 3 is 2.81 bits per heavy atom. The zero-order valence-electron chi connectivity index (χ0n) is 10.4. The molecule has 1 heterocycles. The van der Waals surface area contributed by atoms with Gasteiger partial charge in [0.25, 0.3) is 0 Å². The molecule has 0 fully saturated rings. The number of likely N-dealkylation sites (N-methyl/N-ethyl adjacent to an activating group) is 2. The highest BCUT2D eigenvalue weighted by molar-refractivity contribution is 5.82. The first kappa shape index (κ1) is 12.7. The summed E-state index contributed by atoms with van der Waals surface area (Å²) in [4.78, 5) is 13.8. The summed E-state index contributed by atoms with van der Waals surface area (Å²) in [5.41, 5.74) is 0.901. The van der Waals surface area contributed by atoms with Crippen LogP contribution in [0.15, 0.2) is 12.4 Å². The Hall–Kier alpha value is -1.36. The number of amides is 1. The fourth-order valence-electron chi connectivity index (χ4n) is 1.69. The van der Waals surface area contributed by atoms with E-state index in [1.165, 1.54) is 0 Å². The molecule has 1 amide bonds. The first-order valence-electron chi connectivity index (χ1n) is 5.51. The maximum atomic E-state index is 12.1. The lowest BCUT2D eigenvalue weighted by Gasteiger charge is -2.22. The van der Waals surface area contributed by atoms with E-state index >= 15 is 0 Å². The summed E-state index contributed by atoms with van der Waals surface area (Å²) in [7, 11) is 5.46. The lowest BCUT2D eigenvalue weighted by Crippen LogP contribution is -2.37. The molecule has 1 unspecified atom stereocenters. The van der Waals surface area contributed by atoms with E-state index in [0.717, 1.165) is 18.5 Å². The Kier molecular flexibility index (Phi) is 4.49. The molecule has 90 valence electrons. The third-order valence-corrected chi connectivity index (χ3v) is 2.53. The fourth-order valence-corrected chi connectivity index (χ4v) is 1.69. The van der Waals surface area contributed by atoms with Crippen molar-refractivity contribution in [2.45, 2.75) is 19.4 Å². The summed E-state index contributed by atoms with van der Waals surface area (Å²) in [6.45, 7) is 2.83. The van der Waals surface area contributed by atoms with Crippen molar-refractivity contribution < 1.29 is 4.79 Å². The Labute approximate surface area is 96.4 Å². The van der Waals surface area contributed by atoms with Gasteiger partial charge in [0.2, 0.25) is 5.91 Å². The number of rotatable bonds is 5. The molecule has 0 radical (unpaired) electrons. The second kappa shape index (κ2) is 5.65. The number of nitrogens with zero attached hydrogens (tertiary/aromatic N) is 3. The topological polar surface area (TPSA) is 50.2 Å². The van der Waals surface area contributed by atoms with E-state index < -0.39 is 0 Å². The van der Waals surface area contributed by atoms with Gasteiger partial charge in [-0.25, -0.2) is 0 Å². The molecule has 1 atom stereocenters. The Bertz CT molecular complexity index is 348. The summed E-state index contributed by atoms with van der Waals surface area (Å²) in [5, 5.41) is 7.11. The molecule has 0 aromatic carbocycles. The summed E-state index contributed by atoms with van der Waals surface area (Å²) >= 11 is 0. The standard InChI is InChI=1S/C11H20N4O/c1-5-6-14(3)11(16)10(12-2)9-7-13-15(4)8-9/h7-8,10,12H,5-6H2,1-4H3. The van der Waals surface area contributed by atoms with Crippen LogP contribution in [0.2, 0.25) is 0 Å². The molecule has 0 aliphatic rings. The van der Waals surface area contributed by atoms with Gasteiger partial charge in [-0.1, -0.05) is 6.92 Å². The van der Waals surface area contributed by atoms with Crippen LogP contribution in [-0.4, -0.2) is 41.2 Å². The SMILES string of the molecule is CCCN(C)C(=O)C(NC)c1cnn(C)c1. The molecule has 5 nitrogen and oxygen atoms in total. The van der Waals surface area contributed by atoms with Crippen LogP contribution in [0.5, 0.6) is 0 Å². The lowest BCUT2D eigenvalue weighted by molar-refractivity contribution is -0.132. The van der Waals surface area contributed by atoms with E-state index in [1.54, 1.807) is 22.8 Å². The van der Waals surface area contributed by atoms with Gasteiger partial charge in [0, 0.05) is 32.4 Å². The van der Waals surface area contributed by atoms with Gasteiger partial charge in [-0.15, -0.1) is 0 Å². The number of hydrogen-bond acceptors (Lipinski definition) is 3. The van der Waals surface area contributed by atoms with Crippen LogP contribution in [0.25, 0.3) is 0 Å². The molecular weight excluding hydrogens is 204 g/mol. The Morgan fingerprint density at radius 1 is 1.69 bits per heavy atom. The predicted molar refractivity (Wildman–Crippen MR) is 62.9 cm³/mol. The second-order valence-electron chi connectivity index (χ2n) is 3.93. The van der Waals surface area contributed by atoms with E-state index in [2.05, 4.69) is 17.3 Å². The third-order valence-electron chi connectivity index (χ3n) is 2.53. The first-order valence-corrected chi connectivity index (χ1v) is 5.51. The van der Waals surface area contributed by atoms with Crippen LogP contribution in [0.3, 0.4) is 0 Å². The molecule has 0 saturated carbocycles. The number of carbonyl (C=O) groups is 1. The van der Waals surface area contributed by atoms with Gasteiger partial charge in [0.15, 0.2) is 0 Å². The fraction of sp³-hybridized carbons (Fsp3) is 0.636. The molecule has 0 saturated heterocycles. The summed E-state index contributed by atoms with van der Waals surface area (Å²) in [6.07, 6.45) is 4.55. The van der Waals surface area contributed by atoms with E-state index in [4.69, 9.17) is 0 Å². The van der Waals surface area contributed by atoms with Crippen molar-refractivity contribution >= 4 is 5.91 Å². The van der Waals surface area contributed by atoms with Crippen molar-refractivity contribution in [3.05, 3.63) is 18.0 Å². The van der Waals surface area contributed by atoms with E-state index in [0.29, 0.717) is 0 Å².